The van der Waals surface area contributed by atoms with Crippen molar-refractivity contribution in [3.05, 3.63) is 0 Å². The normalized spacial score (nSPS) is 14.0. The zero-order valence-electron chi connectivity index (χ0n) is 16.6. The zero-order valence-corrected chi connectivity index (χ0v) is 16.6. The Kier molecular flexibility index (Phi) is 10.7. The first-order valence-corrected chi connectivity index (χ1v) is 9.46. The molecule has 1 unspecified atom stereocenters. The summed E-state index contributed by atoms with van der Waals surface area (Å²) in [6, 6.07) is -0.267. The minimum absolute atomic E-state index is 0.267. The first-order valence-electron chi connectivity index (χ1n) is 9.46. The van der Waals surface area contributed by atoms with E-state index in [4.69, 9.17) is 0 Å². The second-order valence-electron chi connectivity index (χ2n) is 8.61. The summed E-state index contributed by atoms with van der Waals surface area (Å²) in [4.78, 5) is 11.3. The van der Waals surface area contributed by atoms with E-state index in [1.54, 1.807) is 0 Å². The van der Waals surface area contributed by atoms with Crippen molar-refractivity contribution in [1.82, 2.24) is 0 Å². The van der Waals surface area contributed by atoms with Gasteiger partial charge in [-0.25, -0.2) is 4.79 Å². The smallest absolute Gasteiger partial charge is 0.362 e. The summed E-state index contributed by atoms with van der Waals surface area (Å²) in [5.41, 5.74) is 0. The van der Waals surface area contributed by atoms with Crippen LogP contribution in [0.5, 0.6) is 0 Å². The molecule has 0 aliphatic heterocycles. The monoisotopic (exact) mass is 330 g/mol. The van der Waals surface area contributed by atoms with Crippen LogP contribution >= 0.6 is 0 Å². The van der Waals surface area contributed by atoms with Crippen molar-refractivity contribution in [2.24, 2.45) is 0 Å². The number of carbonyl (C=O) groups is 1. The van der Waals surface area contributed by atoms with E-state index in [2.05, 4.69) is 35.2 Å². The van der Waals surface area contributed by atoms with Crippen LogP contribution in [0.1, 0.15) is 64.7 Å². The second kappa shape index (κ2) is 11.0. The van der Waals surface area contributed by atoms with E-state index in [0.29, 0.717) is 10.9 Å². The molecule has 4 nitrogen and oxygen atoms in total. The highest BCUT2D eigenvalue weighted by atomic mass is 16.4. The third-order valence-electron chi connectivity index (χ3n) is 4.83. The van der Waals surface area contributed by atoms with Gasteiger partial charge in [-0.2, -0.15) is 0 Å². The van der Waals surface area contributed by atoms with Gasteiger partial charge >= 0.3 is 5.97 Å². The van der Waals surface area contributed by atoms with Gasteiger partial charge in [-0.15, -0.1) is 0 Å². The van der Waals surface area contributed by atoms with E-state index >= 15 is 0 Å². The van der Waals surface area contributed by atoms with Crippen molar-refractivity contribution >= 4 is 5.97 Å². The maximum Gasteiger partial charge on any atom is 0.362 e. The van der Waals surface area contributed by atoms with Gasteiger partial charge in [-0.1, -0.05) is 32.6 Å². The summed E-state index contributed by atoms with van der Waals surface area (Å²) in [6.45, 7) is 4.21. The van der Waals surface area contributed by atoms with Gasteiger partial charge in [0.15, 0.2) is 6.04 Å². The number of unbranched alkanes of at least 4 members (excludes halogenated alkanes) is 7. The van der Waals surface area contributed by atoms with Gasteiger partial charge in [0.05, 0.1) is 48.3 Å². The Hall–Kier alpha value is -0.610. The molecule has 23 heavy (non-hydrogen) atoms. The van der Waals surface area contributed by atoms with Crippen LogP contribution in [0.2, 0.25) is 0 Å². The molecular weight excluding hydrogens is 288 g/mol. The fourth-order valence-corrected chi connectivity index (χ4v) is 3.29. The Morgan fingerprint density at radius 3 is 1.52 bits per heavy atom. The lowest BCUT2D eigenvalue weighted by atomic mass is 10.1. The highest BCUT2D eigenvalue weighted by molar-refractivity contribution is 5.72. The molecule has 0 aliphatic carbocycles. The molecule has 0 heterocycles. The molecule has 0 aromatic heterocycles. The summed E-state index contributed by atoms with van der Waals surface area (Å²) in [5, 5.41) is 9.29. The van der Waals surface area contributed by atoms with Gasteiger partial charge in [-0.05, 0) is 25.7 Å². The number of nitrogens with zero attached hydrogens (tertiary/aromatic N) is 2. The van der Waals surface area contributed by atoms with Crippen LogP contribution in [-0.4, -0.2) is 74.4 Å². The molecular formula is C19H42N2O2+2. The number of carboxylic acid groups (broad SMARTS) is 1. The van der Waals surface area contributed by atoms with Crippen LogP contribution in [0.4, 0.5) is 0 Å². The highest BCUT2D eigenvalue weighted by Crippen LogP contribution is 2.15. The fourth-order valence-electron chi connectivity index (χ4n) is 3.29. The van der Waals surface area contributed by atoms with E-state index in [0.717, 1.165) is 17.4 Å². The Labute approximate surface area is 144 Å². The number of carboxylic acids is 1. The second-order valence-corrected chi connectivity index (χ2v) is 8.61. The Morgan fingerprint density at radius 2 is 1.17 bits per heavy atom. The minimum atomic E-state index is -0.661. The number of hydrogen-bond acceptors (Lipinski definition) is 1. The van der Waals surface area contributed by atoms with Gasteiger partial charge in [0.25, 0.3) is 0 Å². The standard InChI is InChI=1S/C19H41N2O2/c1-7-18(19(22)23)21(5,6)17-15-13-11-9-8-10-12-14-16-20(2,3)4/h18H,7-17H2,1-6H3/q+1/p+1. The Bertz CT molecular complexity index is 322. The SMILES string of the molecule is CCC(C(=O)O)[N+](C)(C)CCCCCCCCCC[N+](C)(C)C. The van der Waals surface area contributed by atoms with Crippen LogP contribution < -0.4 is 0 Å². The molecule has 4 heteroatoms. The summed E-state index contributed by atoms with van der Waals surface area (Å²) >= 11 is 0. The third kappa shape index (κ3) is 11.5. The average molecular weight is 331 g/mol. The number of likely N-dealkylation sites (N-methyl/N-ethyl adjacent to an activating group) is 1. The summed E-state index contributed by atoms with van der Waals surface area (Å²) in [5.74, 6) is -0.661. The topological polar surface area (TPSA) is 37.3 Å². The predicted molar refractivity (Wildman–Crippen MR) is 98.5 cm³/mol. The maximum absolute atomic E-state index is 11.3. The van der Waals surface area contributed by atoms with E-state index < -0.39 is 5.97 Å². The van der Waals surface area contributed by atoms with Gasteiger partial charge in [0.1, 0.15) is 0 Å². The summed E-state index contributed by atoms with van der Waals surface area (Å²) < 4.78 is 1.68. The minimum Gasteiger partial charge on any atom is -0.477 e. The molecule has 1 atom stereocenters. The molecule has 0 bridgehead atoms. The number of quaternary nitrogens is 2. The molecule has 0 rings (SSSR count). The number of rotatable bonds is 14. The molecule has 0 aliphatic rings. The molecule has 0 saturated carbocycles. The average Bonchev–Trinajstić information content (AvgIpc) is 2.39. The summed E-state index contributed by atoms with van der Waals surface area (Å²) in [7, 11) is 10.9. The molecule has 0 saturated heterocycles. The van der Waals surface area contributed by atoms with Crippen molar-refractivity contribution in [3.8, 4) is 0 Å². The predicted octanol–water partition coefficient (Wildman–Crippen LogP) is 3.75. The summed E-state index contributed by atoms with van der Waals surface area (Å²) in [6.07, 6.45) is 11.1. The van der Waals surface area contributed by atoms with Crippen molar-refractivity contribution < 1.29 is 18.9 Å². The first kappa shape index (κ1) is 22.4. The fraction of sp³-hybridized carbons (Fsp3) is 0.947. The maximum atomic E-state index is 11.3. The van der Waals surface area contributed by atoms with Crippen molar-refractivity contribution in [2.45, 2.75) is 70.8 Å². The van der Waals surface area contributed by atoms with Gasteiger partial charge in [0, 0.05) is 6.42 Å². The van der Waals surface area contributed by atoms with Crippen LogP contribution in [0.15, 0.2) is 0 Å². The molecule has 138 valence electrons. The van der Waals surface area contributed by atoms with Crippen molar-refractivity contribution in [3.63, 3.8) is 0 Å². The van der Waals surface area contributed by atoms with Gasteiger partial charge in [0.2, 0.25) is 0 Å². The molecule has 0 aromatic rings. The van der Waals surface area contributed by atoms with Crippen molar-refractivity contribution in [1.29, 1.82) is 0 Å². The molecule has 0 radical (unpaired) electrons. The van der Waals surface area contributed by atoms with Gasteiger partial charge in [-0.3, -0.25) is 0 Å². The molecule has 0 aromatic carbocycles. The van der Waals surface area contributed by atoms with E-state index in [-0.39, 0.29) is 6.04 Å². The first-order chi connectivity index (χ1) is 10.6. The van der Waals surface area contributed by atoms with Crippen molar-refractivity contribution in [2.75, 3.05) is 48.3 Å². The lowest BCUT2D eigenvalue weighted by molar-refractivity contribution is -0.907. The van der Waals surface area contributed by atoms with Crippen LogP contribution in [-0.2, 0) is 4.79 Å². The zero-order chi connectivity index (χ0) is 17.9. The van der Waals surface area contributed by atoms with Gasteiger partial charge < -0.3 is 14.1 Å². The largest absolute Gasteiger partial charge is 0.477 e. The van der Waals surface area contributed by atoms with Crippen LogP contribution in [0.3, 0.4) is 0 Å². The molecule has 0 spiro atoms. The van der Waals surface area contributed by atoms with Crippen LogP contribution in [0, 0.1) is 0 Å². The highest BCUT2D eigenvalue weighted by Gasteiger charge is 2.32. The van der Waals surface area contributed by atoms with E-state index in [9.17, 15) is 9.90 Å². The molecule has 1 N–H and O–H groups in total. The van der Waals surface area contributed by atoms with Crippen LogP contribution in [0.25, 0.3) is 0 Å². The lowest BCUT2D eigenvalue weighted by Crippen LogP contribution is -2.53. The van der Waals surface area contributed by atoms with E-state index in [1.165, 1.54) is 51.5 Å². The Balaban J connectivity index is 3.61. The number of aliphatic carboxylic acids is 1. The van der Waals surface area contributed by atoms with E-state index in [1.807, 2.05) is 6.92 Å². The molecule has 0 amide bonds. The third-order valence-corrected chi connectivity index (χ3v) is 4.83. The Morgan fingerprint density at radius 1 is 0.783 bits per heavy atom. The lowest BCUT2D eigenvalue weighted by Gasteiger charge is -2.35. The number of hydrogen-bond donors (Lipinski definition) is 1. The quantitative estimate of drug-likeness (QED) is 0.389. The molecule has 0 fully saturated rings.